The van der Waals surface area contributed by atoms with Crippen molar-refractivity contribution in [3.05, 3.63) is 75.9 Å². The molecule has 8 heteroatoms. The van der Waals surface area contributed by atoms with Gasteiger partial charge < -0.3 is 9.73 Å². The Bertz CT molecular complexity index is 1140. The molecule has 0 atom stereocenters. The number of hydrogen-bond acceptors (Lipinski definition) is 5. The third-order valence-electron chi connectivity index (χ3n) is 4.07. The molecule has 1 heterocycles. The molecule has 0 fully saturated rings. The van der Waals surface area contributed by atoms with Gasteiger partial charge in [0.15, 0.2) is 0 Å². The van der Waals surface area contributed by atoms with E-state index in [1.54, 1.807) is 12.1 Å². The van der Waals surface area contributed by atoms with E-state index >= 15 is 0 Å². The fraction of sp³-hybridized carbons (Fsp3) is 0.143. The molecule has 2 N–H and O–H groups in total. The van der Waals surface area contributed by atoms with Gasteiger partial charge in [0.1, 0.15) is 17.7 Å². The standard InChI is InChI=1S/C21H18FN3O4/c1-13-2-5-16(6-3-13)24-19(26)8-9-20(27)25-23-11-14-12-29-18-7-4-15(22)10-17(18)21(14)28/h2-7,10-12H,8-9H2,1H3,(H,24,26)(H,25,27)/b23-11+. The summed E-state index contributed by atoms with van der Waals surface area (Å²) < 4.78 is 18.6. The molecule has 1 aromatic heterocycles. The molecule has 0 aliphatic rings. The summed E-state index contributed by atoms with van der Waals surface area (Å²) in [5.41, 5.74) is 3.80. The van der Waals surface area contributed by atoms with Crippen LogP contribution in [0.5, 0.6) is 0 Å². The fourth-order valence-corrected chi connectivity index (χ4v) is 2.52. The van der Waals surface area contributed by atoms with Gasteiger partial charge in [0.25, 0.3) is 0 Å². The Balaban J connectivity index is 1.52. The van der Waals surface area contributed by atoms with Crippen molar-refractivity contribution in [2.45, 2.75) is 19.8 Å². The number of carbonyl (C=O) groups excluding carboxylic acids is 2. The highest BCUT2D eigenvalue weighted by Gasteiger charge is 2.08. The van der Waals surface area contributed by atoms with Gasteiger partial charge in [0.05, 0.1) is 17.2 Å². The van der Waals surface area contributed by atoms with E-state index in [2.05, 4.69) is 15.8 Å². The van der Waals surface area contributed by atoms with Gasteiger partial charge in [0, 0.05) is 18.5 Å². The Morgan fingerprint density at radius 1 is 1.10 bits per heavy atom. The van der Waals surface area contributed by atoms with Gasteiger partial charge in [-0.05, 0) is 37.3 Å². The molecule has 2 amide bonds. The van der Waals surface area contributed by atoms with Crippen molar-refractivity contribution in [3.63, 3.8) is 0 Å². The number of hydrogen-bond donors (Lipinski definition) is 2. The van der Waals surface area contributed by atoms with Crippen molar-refractivity contribution in [1.29, 1.82) is 0 Å². The SMILES string of the molecule is Cc1ccc(NC(=O)CCC(=O)N/N=C/c2coc3ccc(F)cc3c2=O)cc1. The van der Waals surface area contributed by atoms with Gasteiger partial charge in [-0.15, -0.1) is 0 Å². The second-order valence-electron chi connectivity index (χ2n) is 6.37. The van der Waals surface area contributed by atoms with Gasteiger partial charge in [-0.25, -0.2) is 9.82 Å². The van der Waals surface area contributed by atoms with E-state index < -0.39 is 17.2 Å². The molecule has 0 bridgehead atoms. The zero-order valence-electron chi connectivity index (χ0n) is 15.6. The van der Waals surface area contributed by atoms with Crippen LogP contribution >= 0.6 is 0 Å². The largest absolute Gasteiger partial charge is 0.463 e. The van der Waals surface area contributed by atoms with E-state index in [9.17, 15) is 18.8 Å². The lowest BCUT2D eigenvalue weighted by Crippen LogP contribution is -2.21. The maximum absolute atomic E-state index is 13.3. The van der Waals surface area contributed by atoms with Crippen molar-refractivity contribution in [1.82, 2.24) is 5.43 Å². The lowest BCUT2D eigenvalue weighted by Gasteiger charge is -2.05. The average molecular weight is 395 g/mol. The van der Waals surface area contributed by atoms with Gasteiger partial charge >= 0.3 is 0 Å². The van der Waals surface area contributed by atoms with Gasteiger partial charge in [-0.1, -0.05) is 17.7 Å². The van der Waals surface area contributed by atoms with Crippen molar-refractivity contribution in [3.8, 4) is 0 Å². The van der Waals surface area contributed by atoms with Crippen molar-refractivity contribution in [2.24, 2.45) is 5.10 Å². The first-order chi connectivity index (χ1) is 13.9. The smallest absolute Gasteiger partial charge is 0.240 e. The lowest BCUT2D eigenvalue weighted by atomic mass is 10.2. The van der Waals surface area contributed by atoms with Gasteiger partial charge in [-0.3, -0.25) is 14.4 Å². The Hall–Kier alpha value is -3.81. The summed E-state index contributed by atoms with van der Waals surface area (Å²) in [6.45, 7) is 1.94. The van der Waals surface area contributed by atoms with Crippen LogP contribution in [-0.2, 0) is 9.59 Å². The quantitative estimate of drug-likeness (QED) is 0.495. The van der Waals surface area contributed by atoms with Crippen LogP contribution in [0.3, 0.4) is 0 Å². The molecule has 0 radical (unpaired) electrons. The Morgan fingerprint density at radius 2 is 1.83 bits per heavy atom. The van der Waals surface area contributed by atoms with Crippen LogP contribution < -0.4 is 16.2 Å². The Morgan fingerprint density at radius 3 is 2.59 bits per heavy atom. The number of hydrazone groups is 1. The van der Waals surface area contributed by atoms with E-state index in [0.717, 1.165) is 17.8 Å². The summed E-state index contributed by atoms with van der Waals surface area (Å²) in [5.74, 6) is -1.35. The fourth-order valence-electron chi connectivity index (χ4n) is 2.52. The number of aryl methyl sites for hydroxylation is 1. The predicted octanol–water partition coefficient (Wildman–Crippen LogP) is 3.11. The van der Waals surface area contributed by atoms with E-state index in [-0.39, 0.29) is 35.3 Å². The topological polar surface area (TPSA) is 101 Å². The normalized spacial score (nSPS) is 11.0. The number of amides is 2. The van der Waals surface area contributed by atoms with Crippen LogP contribution in [0, 0.1) is 12.7 Å². The summed E-state index contributed by atoms with van der Waals surface area (Å²) in [4.78, 5) is 36.0. The maximum Gasteiger partial charge on any atom is 0.240 e. The van der Waals surface area contributed by atoms with Crippen LogP contribution in [0.4, 0.5) is 10.1 Å². The van der Waals surface area contributed by atoms with E-state index in [4.69, 9.17) is 4.42 Å². The first-order valence-electron chi connectivity index (χ1n) is 8.82. The lowest BCUT2D eigenvalue weighted by molar-refractivity contribution is -0.124. The maximum atomic E-state index is 13.3. The molecule has 29 heavy (non-hydrogen) atoms. The average Bonchev–Trinajstić information content (AvgIpc) is 2.70. The molecule has 0 spiro atoms. The van der Waals surface area contributed by atoms with Gasteiger partial charge in [0.2, 0.25) is 17.2 Å². The minimum atomic E-state index is -0.559. The Kier molecular flexibility index (Phi) is 6.13. The molecular weight excluding hydrogens is 377 g/mol. The van der Waals surface area contributed by atoms with Crippen LogP contribution in [0.25, 0.3) is 11.0 Å². The predicted molar refractivity (Wildman–Crippen MR) is 107 cm³/mol. The number of halogens is 1. The van der Waals surface area contributed by atoms with Crippen molar-refractivity contribution < 1.29 is 18.4 Å². The highest BCUT2D eigenvalue weighted by atomic mass is 19.1. The van der Waals surface area contributed by atoms with E-state index in [0.29, 0.717) is 5.69 Å². The third-order valence-corrected chi connectivity index (χ3v) is 4.07. The van der Waals surface area contributed by atoms with Crippen LogP contribution in [0.2, 0.25) is 0 Å². The molecule has 0 aliphatic heterocycles. The summed E-state index contributed by atoms with van der Waals surface area (Å²) in [7, 11) is 0. The first kappa shape index (κ1) is 19.9. The summed E-state index contributed by atoms with van der Waals surface area (Å²) in [6.07, 6.45) is 2.19. The van der Waals surface area contributed by atoms with E-state index in [1.807, 2.05) is 19.1 Å². The Labute approximate surface area is 165 Å². The van der Waals surface area contributed by atoms with Crippen LogP contribution in [0.1, 0.15) is 24.0 Å². The second kappa shape index (κ2) is 8.92. The number of benzene rings is 2. The minimum absolute atomic E-state index is 0.0212. The van der Waals surface area contributed by atoms with Crippen molar-refractivity contribution in [2.75, 3.05) is 5.32 Å². The molecule has 7 nitrogen and oxygen atoms in total. The molecule has 0 aliphatic carbocycles. The highest BCUT2D eigenvalue weighted by Crippen LogP contribution is 2.12. The number of fused-ring (bicyclic) bond motifs is 1. The zero-order valence-corrected chi connectivity index (χ0v) is 15.6. The zero-order chi connectivity index (χ0) is 20.8. The molecule has 0 saturated heterocycles. The van der Waals surface area contributed by atoms with Crippen LogP contribution in [-0.4, -0.2) is 18.0 Å². The highest BCUT2D eigenvalue weighted by molar-refractivity contribution is 5.93. The third kappa shape index (κ3) is 5.35. The second-order valence-corrected chi connectivity index (χ2v) is 6.37. The van der Waals surface area contributed by atoms with Crippen molar-refractivity contribution >= 4 is 34.7 Å². The van der Waals surface area contributed by atoms with Crippen LogP contribution in [0.15, 0.2) is 63.0 Å². The summed E-state index contributed by atoms with van der Waals surface area (Å²) in [5, 5.41) is 6.46. The molecular formula is C21H18FN3O4. The molecule has 148 valence electrons. The summed E-state index contributed by atoms with van der Waals surface area (Å²) in [6, 6.07) is 10.9. The number of anilines is 1. The number of rotatable bonds is 6. The minimum Gasteiger partial charge on any atom is -0.463 e. The monoisotopic (exact) mass is 395 g/mol. The summed E-state index contributed by atoms with van der Waals surface area (Å²) >= 11 is 0. The number of nitrogens with zero attached hydrogens (tertiary/aromatic N) is 1. The van der Waals surface area contributed by atoms with E-state index in [1.165, 1.54) is 18.4 Å². The number of carbonyl (C=O) groups is 2. The molecule has 3 rings (SSSR count). The first-order valence-corrected chi connectivity index (χ1v) is 8.82. The molecule has 3 aromatic rings. The number of nitrogens with one attached hydrogen (secondary N) is 2. The van der Waals surface area contributed by atoms with Gasteiger partial charge in [-0.2, -0.15) is 5.10 Å². The molecule has 0 unspecified atom stereocenters. The molecule has 2 aromatic carbocycles. The molecule has 0 saturated carbocycles.